The van der Waals surface area contributed by atoms with Crippen molar-refractivity contribution in [3.8, 4) is 23.2 Å². The zero-order chi connectivity index (χ0) is 22.5. The second-order valence-corrected chi connectivity index (χ2v) is 8.13. The molecule has 2 aromatic heterocycles. The molecule has 1 saturated carbocycles. The average molecular weight is 436 g/mol. The molecule has 3 aromatic rings. The van der Waals surface area contributed by atoms with Crippen molar-refractivity contribution < 1.29 is 14.7 Å². The summed E-state index contributed by atoms with van der Waals surface area (Å²) in [5.41, 5.74) is 8.54. The quantitative estimate of drug-likeness (QED) is 0.398. The van der Waals surface area contributed by atoms with Crippen LogP contribution in [0.25, 0.3) is 11.3 Å². The molecule has 0 aliphatic heterocycles. The molecular formula is C24H29N5O3. The Bertz CT molecular complexity index is 1070. The van der Waals surface area contributed by atoms with Crippen LogP contribution >= 0.6 is 0 Å². The summed E-state index contributed by atoms with van der Waals surface area (Å²) in [6, 6.07) is 9.97. The highest BCUT2D eigenvalue weighted by Crippen LogP contribution is 2.28. The van der Waals surface area contributed by atoms with E-state index < -0.39 is 6.10 Å². The first-order valence-electron chi connectivity index (χ1n) is 10.9. The fraction of sp³-hybridized carbons (Fsp3) is 0.417. The van der Waals surface area contributed by atoms with Gasteiger partial charge in [-0.05, 0) is 44.0 Å². The third-order valence-electron chi connectivity index (χ3n) is 5.77. The van der Waals surface area contributed by atoms with Gasteiger partial charge in [0, 0.05) is 54.6 Å². The number of rotatable bonds is 8. The van der Waals surface area contributed by atoms with Crippen molar-refractivity contribution in [1.82, 2.24) is 20.0 Å². The number of aromatic nitrogens is 3. The van der Waals surface area contributed by atoms with Gasteiger partial charge in [0.2, 0.25) is 0 Å². The van der Waals surface area contributed by atoms with Gasteiger partial charge in [-0.25, -0.2) is 4.98 Å². The van der Waals surface area contributed by atoms with Crippen LogP contribution in [0.4, 0.5) is 0 Å². The van der Waals surface area contributed by atoms with Gasteiger partial charge in [0.25, 0.3) is 0 Å². The van der Waals surface area contributed by atoms with Gasteiger partial charge < -0.3 is 30.4 Å². The van der Waals surface area contributed by atoms with Gasteiger partial charge in [0.15, 0.2) is 5.76 Å². The average Bonchev–Trinajstić information content (AvgIpc) is 3.44. The predicted octanol–water partition coefficient (Wildman–Crippen LogP) is 1.85. The van der Waals surface area contributed by atoms with E-state index >= 15 is 0 Å². The van der Waals surface area contributed by atoms with E-state index in [-0.39, 0.29) is 12.6 Å². The van der Waals surface area contributed by atoms with E-state index in [1.807, 2.05) is 34.9 Å². The lowest BCUT2D eigenvalue weighted by Gasteiger charge is -2.32. The van der Waals surface area contributed by atoms with Crippen molar-refractivity contribution >= 4 is 0 Å². The monoisotopic (exact) mass is 435 g/mol. The van der Waals surface area contributed by atoms with Crippen LogP contribution in [0.15, 0.2) is 47.2 Å². The van der Waals surface area contributed by atoms with E-state index in [4.69, 9.17) is 15.4 Å². The summed E-state index contributed by atoms with van der Waals surface area (Å²) < 4.78 is 7.41. The molecule has 0 amide bonds. The Morgan fingerprint density at radius 3 is 2.78 bits per heavy atom. The lowest BCUT2D eigenvalue weighted by molar-refractivity contribution is 0.182. The van der Waals surface area contributed by atoms with Gasteiger partial charge in [-0.3, -0.25) is 0 Å². The molecule has 8 heteroatoms. The van der Waals surface area contributed by atoms with Crippen LogP contribution in [0.1, 0.15) is 49.0 Å². The molecule has 0 bridgehead atoms. The number of nitrogens with one attached hydrogen (secondary N) is 1. The lowest BCUT2D eigenvalue weighted by Crippen LogP contribution is -2.41. The number of nitrogens with two attached hydrogens (primary N) is 1. The number of aliphatic hydroxyl groups excluding tert-OH is 2. The molecule has 1 fully saturated rings. The normalized spacial score (nSPS) is 19.6. The minimum atomic E-state index is -0.707. The number of nitrogens with zero attached hydrogens (tertiary/aromatic N) is 3. The molecule has 1 aliphatic rings. The maximum atomic E-state index is 9.95. The van der Waals surface area contributed by atoms with E-state index in [1.165, 1.54) is 0 Å². The maximum Gasteiger partial charge on any atom is 0.167 e. The maximum absolute atomic E-state index is 9.95. The molecule has 8 nitrogen and oxygen atoms in total. The van der Waals surface area contributed by atoms with Gasteiger partial charge in [0.05, 0.1) is 12.6 Å². The molecule has 0 saturated heterocycles. The number of imidazole rings is 1. The lowest BCUT2D eigenvalue weighted by atomic mass is 9.80. The van der Waals surface area contributed by atoms with E-state index in [0.29, 0.717) is 42.3 Å². The third-order valence-corrected chi connectivity index (χ3v) is 5.77. The van der Waals surface area contributed by atoms with Gasteiger partial charge in [-0.1, -0.05) is 17.0 Å². The van der Waals surface area contributed by atoms with Crippen LogP contribution in [-0.4, -0.2) is 50.7 Å². The highest BCUT2D eigenvalue weighted by atomic mass is 16.5. The van der Waals surface area contributed by atoms with Crippen molar-refractivity contribution in [2.24, 2.45) is 11.7 Å². The molecular weight excluding hydrogens is 406 g/mol. The molecule has 2 unspecified atom stereocenters. The first-order valence-corrected chi connectivity index (χ1v) is 10.9. The van der Waals surface area contributed by atoms with E-state index in [9.17, 15) is 5.11 Å². The highest BCUT2D eigenvalue weighted by molar-refractivity contribution is 5.59. The highest BCUT2D eigenvalue weighted by Gasteiger charge is 2.26. The minimum absolute atomic E-state index is 0.172. The zero-order valence-corrected chi connectivity index (χ0v) is 18.1. The predicted molar refractivity (Wildman–Crippen MR) is 120 cm³/mol. The zero-order valence-electron chi connectivity index (χ0n) is 18.1. The third kappa shape index (κ3) is 4.92. The molecule has 2 heterocycles. The first kappa shape index (κ1) is 22.2. The molecule has 5 N–H and O–H groups in total. The van der Waals surface area contributed by atoms with E-state index in [0.717, 1.165) is 24.0 Å². The Labute approximate surface area is 187 Å². The largest absolute Gasteiger partial charge is 0.395 e. The van der Waals surface area contributed by atoms with E-state index in [1.54, 1.807) is 19.3 Å². The summed E-state index contributed by atoms with van der Waals surface area (Å²) in [6.45, 7) is 2.79. The summed E-state index contributed by atoms with van der Waals surface area (Å²) in [5, 5.41) is 26.3. The number of aliphatic hydroxyl groups is 2. The van der Waals surface area contributed by atoms with Gasteiger partial charge in [-0.15, -0.1) is 0 Å². The molecule has 4 rings (SSSR count). The molecule has 2 atom stereocenters. The summed E-state index contributed by atoms with van der Waals surface area (Å²) in [5.74, 6) is 8.16. The van der Waals surface area contributed by atoms with Crippen LogP contribution in [0, 0.1) is 17.8 Å². The van der Waals surface area contributed by atoms with Crippen LogP contribution in [0.2, 0.25) is 0 Å². The molecule has 0 radical (unpaired) electrons. The first-order chi connectivity index (χ1) is 15.6. The van der Waals surface area contributed by atoms with Crippen molar-refractivity contribution in [2.75, 3.05) is 19.7 Å². The summed E-state index contributed by atoms with van der Waals surface area (Å²) in [4.78, 5) is 4.21. The number of hydrogen-bond acceptors (Lipinski definition) is 7. The Kier molecular flexibility index (Phi) is 7.02. The SMILES string of the molecule is CC(O)c1nccn1C(CN)c1cc(-c2ccc(C#C[C@H]3C[C@H](NCCO)C3)cc2)on1. The number of hydrogen-bond donors (Lipinski definition) is 4. The van der Waals surface area contributed by atoms with Gasteiger partial charge in [-0.2, -0.15) is 0 Å². The molecule has 0 spiro atoms. The van der Waals surface area contributed by atoms with Crippen LogP contribution in [0.5, 0.6) is 0 Å². The van der Waals surface area contributed by atoms with Crippen molar-refractivity contribution in [2.45, 2.75) is 38.0 Å². The Morgan fingerprint density at radius 1 is 1.31 bits per heavy atom. The molecule has 1 aromatic carbocycles. The van der Waals surface area contributed by atoms with Crippen LogP contribution in [-0.2, 0) is 0 Å². The molecule has 32 heavy (non-hydrogen) atoms. The topological polar surface area (TPSA) is 122 Å². The second-order valence-electron chi connectivity index (χ2n) is 8.13. The Morgan fingerprint density at radius 2 is 2.09 bits per heavy atom. The van der Waals surface area contributed by atoms with Gasteiger partial charge >= 0.3 is 0 Å². The van der Waals surface area contributed by atoms with Crippen LogP contribution < -0.4 is 11.1 Å². The Balaban J connectivity index is 1.41. The molecule has 168 valence electrons. The van der Waals surface area contributed by atoms with Gasteiger partial charge in [0.1, 0.15) is 17.6 Å². The van der Waals surface area contributed by atoms with Crippen molar-refractivity contribution in [3.05, 3.63) is 59.8 Å². The minimum Gasteiger partial charge on any atom is -0.395 e. The molecule has 1 aliphatic carbocycles. The number of benzene rings is 1. The van der Waals surface area contributed by atoms with E-state index in [2.05, 4.69) is 27.3 Å². The standard InChI is InChI=1S/C24H29N5O3/c1-16(31)24-27-8-10-29(24)22(15-25)21-14-23(32-28-21)19-6-4-17(5-7-19)2-3-18-12-20(13-18)26-9-11-30/h4-8,10,14,16,18,20,22,26,30-31H,9,11-13,15,25H2,1H3/t16?,18-,20-,22?. The summed E-state index contributed by atoms with van der Waals surface area (Å²) >= 11 is 0. The van der Waals surface area contributed by atoms with Crippen molar-refractivity contribution in [1.29, 1.82) is 0 Å². The fourth-order valence-electron chi connectivity index (χ4n) is 3.94. The fourth-order valence-corrected chi connectivity index (χ4v) is 3.94. The van der Waals surface area contributed by atoms with Crippen LogP contribution in [0.3, 0.4) is 0 Å². The summed E-state index contributed by atoms with van der Waals surface area (Å²) in [7, 11) is 0. The Hall–Kier alpha value is -2.96. The van der Waals surface area contributed by atoms with Crippen molar-refractivity contribution in [3.63, 3.8) is 0 Å². The second kappa shape index (κ2) is 10.1. The smallest absolute Gasteiger partial charge is 0.167 e. The summed E-state index contributed by atoms with van der Waals surface area (Å²) in [6.07, 6.45) is 4.78.